The van der Waals surface area contributed by atoms with Gasteiger partial charge in [-0.25, -0.2) is 4.79 Å². The van der Waals surface area contributed by atoms with E-state index in [1.54, 1.807) is 6.07 Å². The van der Waals surface area contributed by atoms with E-state index in [1.807, 2.05) is 19.1 Å². The summed E-state index contributed by atoms with van der Waals surface area (Å²) in [6.07, 6.45) is 1.84. The van der Waals surface area contributed by atoms with Crippen LogP contribution in [0.25, 0.3) is 0 Å². The van der Waals surface area contributed by atoms with Gasteiger partial charge < -0.3 is 9.47 Å². The number of carbonyl (C=O) groups is 3. The molecule has 8 nitrogen and oxygen atoms in total. The van der Waals surface area contributed by atoms with E-state index in [0.717, 1.165) is 10.5 Å². The molecule has 1 aromatic rings. The number of fused-ring (bicyclic) bond motifs is 1. The average Bonchev–Trinajstić information content (AvgIpc) is 3.09. The molecule has 2 aliphatic heterocycles. The maximum atomic E-state index is 12.6. The van der Waals surface area contributed by atoms with E-state index >= 15 is 0 Å². The van der Waals surface area contributed by atoms with Crippen LogP contribution in [0.5, 0.6) is 11.5 Å². The van der Waals surface area contributed by atoms with Gasteiger partial charge in [0.2, 0.25) is 18.6 Å². The molecule has 136 valence electrons. The molecule has 1 fully saturated rings. The molecule has 8 heteroatoms. The van der Waals surface area contributed by atoms with Crippen molar-refractivity contribution >= 4 is 23.6 Å². The Hall–Kier alpha value is -3.16. The number of benzene rings is 1. The first kappa shape index (κ1) is 17.7. The van der Waals surface area contributed by atoms with Gasteiger partial charge in [-0.15, -0.1) is 6.58 Å². The second-order valence-corrected chi connectivity index (χ2v) is 5.81. The zero-order valence-corrected chi connectivity index (χ0v) is 14.4. The third kappa shape index (κ3) is 3.30. The van der Waals surface area contributed by atoms with Crippen molar-refractivity contribution in [3.63, 3.8) is 0 Å². The summed E-state index contributed by atoms with van der Waals surface area (Å²) >= 11 is 0. The number of imide groups is 2. The zero-order chi connectivity index (χ0) is 18.7. The Labute approximate surface area is 150 Å². The fourth-order valence-electron chi connectivity index (χ4n) is 2.85. The van der Waals surface area contributed by atoms with Gasteiger partial charge in [-0.2, -0.15) is 0 Å². The predicted molar refractivity (Wildman–Crippen MR) is 92.9 cm³/mol. The van der Waals surface area contributed by atoms with Gasteiger partial charge >= 0.3 is 6.03 Å². The molecular weight excluding hydrogens is 338 g/mol. The highest BCUT2D eigenvalue weighted by atomic mass is 16.7. The summed E-state index contributed by atoms with van der Waals surface area (Å²) in [6, 6.07) is 4.72. The summed E-state index contributed by atoms with van der Waals surface area (Å²) in [5.74, 6) is -1.01. The second kappa shape index (κ2) is 7.38. The highest BCUT2D eigenvalue weighted by molar-refractivity contribution is 6.27. The number of hydrogen-bond acceptors (Lipinski definition) is 6. The van der Waals surface area contributed by atoms with Crippen LogP contribution in [0.4, 0.5) is 4.79 Å². The van der Waals surface area contributed by atoms with Gasteiger partial charge in [0.05, 0.1) is 6.54 Å². The van der Waals surface area contributed by atoms with Crippen LogP contribution in [0.1, 0.15) is 18.9 Å². The van der Waals surface area contributed by atoms with Gasteiger partial charge in [-0.05, 0) is 24.1 Å². The summed E-state index contributed by atoms with van der Waals surface area (Å²) in [4.78, 5) is 42.0. The molecule has 0 radical (unpaired) electrons. The molecule has 0 bridgehead atoms. The van der Waals surface area contributed by atoms with Crippen LogP contribution in [0.3, 0.4) is 0 Å². The SMILES string of the molecule is C=CCN1C(=O)NC(=O)C(C(CC)=NCc2ccc3c(c2)OCO3)C1=O. The fraction of sp³-hybridized carbons (Fsp3) is 0.333. The van der Waals surface area contributed by atoms with Crippen LogP contribution in [0, 0.1) is 5.92 Å². The Morgan fingerprint density at radius 2 is 2.12 bits per heavy atom. The largest absolute Gasteiger partial charge is 0.454 e. The van der Waals surface area contributed by atoms with Gasteiger partial charge in [0.25, 0.3) is 0 Å². The molecule has 0 saturated carbocycles. The van der Waals surface area contributed by atoms with E-state index < -0.39 is 23.8 Å². The minimum Gasteiger partial charge on any atom is -0.454 e. The molecule has 0 aromatic heterocycles. The molecule has 1 aromatic carbocycles. The molecule has 1 N–H and O–H groups in total. The van der Waals surface area contributed by atoms with E-state index in [4.69, 9.17) is 9.47 Å². The molecule has 26 heavy (non-hydrogen) atoms. The molecular formula is C18H19N3O5. The molecule has 2 aliphatic rings. The monoisotopic (exact) mass is 357 g/mol. The second-order valence-electron chi connectivity index (χ2n) is 5.81. The van der Waals surface area contributed by atoms with Crippen LogP contribution in [0.2, 0.25) is 0 Å². The minimum absolute atomic E-state index is 0.0353. The summed E-state index contributed by atoms with van der Waals surface area (Å²) in [5, 5.41) is 2.20. The molecule has 0 spiro atoms. The van der Waals surface area contributed by atoms with Gasteiger partial charge in [0.15, 0.2) is 17.4 Å². The standard InChI is InChI=1S/C18H19N3O5/c1-3-7-21-17(23)15(16(22)20-18(21)24)12(4-2)19-9-11-5-6-13-14(8-11)26-10-25-13/h3,5-6,8,15H,1,4,7,9-10H2,2H3,(H,20,22,24). The Balaban J connectivity index is 1.81. The van der Waals surface area contributed by atoms with Crippen molar-refractivity contribution in [1.29, 1.82) is 0 Å². The number of carbonyl (C=O) groups excluding carboxylic acids is 3. The number of aliphatic imine (C=N–C) groups is 1. The molecule has 2 heterocycles. The van der Waals surface area contributed by atoms with E-state index in [9.17, 15) is 14.4 Å². The Bertz CT molecular complexity index is 802. The lowest BCUT2D eigenvalue weighted by atomic mass is 9.96. The first-order chi connectivity index (χ1) is 12.5. The summed E-state index contributed by atoms with van der Waals surface area (Å²) in [6.45, 7) is 5.84. The van der Waals surface area contributed by atoms with Crippen LogP contribution < -0.4 is 14.8 Å². The summed E-state index contributed by atoms with van der Waals surface area (Å²) in [5.41, 5.74) is 1.29. The number of urea groups is 1. The van der Waals surface area contributed by atoms with Crippen molar-refractivity contribution in [3.8, 4) is 11.5 Å². The molecule has 4 amide bonds. The lowest BCUT2D eigenvalue weighted by Crippen LogP contribution is -2.59. The summed E-state index contributed by atoms with van der Waals surface area (Å²) < 4.78 is 10.6. The number of hydrogen-bond donors (Lipinski definition) is 1. The Morgan fingerprint density at radius 3 is 2.85 bits per heavy atom. The normalized spacial score (nSPS) is 19.6. The van der Waals surface area contributed by atoms with Crippen molar-refractivity contribution in [1.82, 2.24) is 10.2 Å². The number of barbiturate groups is 1. The van der Waals surface area contributed by atoms with Crippen LogP contribution in [-0.4, -0.2) is 41.8 Å². The van der Waals surface area contributed by atoms with Gasteiger partial charge in [-0.3, -0.25) is 24.8 Å². The van der Waals surface area contributed by atoms with Crippen molar-refractivity contribution in [2.24, 2.45) is 10.9 Å². The highest BCUT2D eigenvalue weighted by Gasteiger charge is 2.42. The van der Waals surface area contributed by atoms with Gasteiger partial charge in [0.1, 0.15) is 0 Å². The van der Waals surface area contributed by atoms with Gasteiger partial charge in [0, 0.05) is 12.3 Å². The topological polar surface area (TPSA) is 97.3 Å². The Kier molecular flexibility index (Phi) is 5.01. The van der Waals surface area contributed by atoms with Crippen LogP contribution >= 0.6 is 0 Å². The van der Waals surface area contributed by atoms with Crippen molar-refractivity contribution in [3.05, 3.63) is 36.4 Å². The van der Waals surface area contributed by atoms with Crippen molar-refractivity contribution in [2.45, 2.75) is 19.9 Å². The van der Waals surface area contributed by atoms with E-state index in [2.05, 4.69) is 16.9 Å². The predicted octanol–water partition coefficient (Wildman–Crippen LogP) is 1.65. The molecule has 0 aliphatic carbocycles. The number of nitrogens with zero attached hydrogens (tertiary/aromatic N) is 2. The molecule has 1 unspecified atom stereocenters. The Morgan fingerprint density at radius 1 is 1.35 bits per heavy atom. The molecule has 3 rings (SSSR count). The minimum atomic E-state index is -1.10. The molecule has 1 atom stereocenters. The van der Waals surface area contributed by atoms with Crippen molar-refractivity contribution in [2.75, 3.05) is 13.3 Å². The van der Waals surface area contributed by atoms with Crippen molar-refractivity contribution < 1.29 is 23.9 Å². The summed E-state index contributed by atoms with van der Waals surface area (Å²) in [7, 11) is 0. The first-order valence-electron chi connectivity index (χ1n) is 8.24. The third-order valence-electron chi connectivity index (χ3n) is 4.16. The van der Waals surface area contributed by atoms with Crippen LogP contribution in [0.15, 0.2) is 35.8 Å². The van der Waals surface area contributed by atoms with E-state index in [1.165, 1.54) is 6.08 Å². The maximum absolute atomic E-state index is 12.6. The van der Waals surface area contributed by atoms with Crippen LogP contribution in [-0.2, 0) is 16.1 Å². The number of rotatable bonds is 6. The highest BCUT2D eigenvalue weighted by Crippen LogP contribution is 2.32. The number of amides is 4. The van der Waals surface area contributed by atoms with E-state index in [-0.39, 0.29) is 19.9 Å². The lowest BCUT2D eigenvalue weighted by molar-refractivity contribution is -0.139. The fourth-order valence-corrected chi connectivity index (χ4v) is 2.85. The lowest BCUT2D eigenvalue weighted by Gasteiger charge is -2.29. The quantitative estimate of drug-likeness (QED) is 0.474. The molecule has 1 saturated heterocycles. The first-order valence-corrected chi connectivity index (χ1v) is 8.24. The third-order valence-corrected chi connectivity index (χ3v) is 4.16. The smallest absolute Gasteiger partial charge is 0.331 e. The zero-order valence-electron chi connectivity index (χ0n) is 14.4. The average molecular weight is 357 g/mol. The van der Waals surface area contributed by atoms with Gasteiger partial charge in [-0.1, -0.05) is 19.1 Å². The number of ether oxygens (including phenoxy) is 2. The number of nitrogens with one attached hydrogen (secondary N) is 1. The maximum Gasteiger partial charge on any atom is 0.331 e. The van der Waals surface area contributed by atoms with E-state index in [0.29, 0.717) is 23.6 Å².